The molecule has 17 heavy (non-hydrogen) atoms. The maximum atomic E-state index is 3.59. The summed E-state index contributed by atoms with van der Waals surface area (Å²) in [5, 5.41) is 3.58. The van der Waals surface area contributed by atoms with Gasteiger partial charge < -0.3 is 5.32 Å². The van der Waals surface area contributed by atoms with E-state index < -0.39 is 0 Å². The summed E-state index contributed by atoms with van der Waals surface area (Å²) in [5.74, 6) is 1.73. The number of benzene rings is 1. The van der Waals surface area contributed by atoms with Crippen molar-refractivity contribution in [3.05, 3.63) is 27.1 Å². The van der Waals surface area contributed by atoms with Crippen molar-refractivity contribution in [3.63, 3.8) is 0 Å². The van der Waals surface area contributed by atoms with Crippen LogP contribution in [0.1, 0.15) is 32.6 Å². The molecule has 0 heterocycles. The van der Waals surface area contributed by atoms with Gasteiger partial charge in [0.25, 0.3) is 0 Å². The number of nitrogens with one attached hydrogen (secondary N) is 1. The lowest BCUT2D eigenvalue weighted by molar-refractivity contribution is 0.293. The maximum Gasteiger partial charge on any atom is 0.0629 e. The standard InChI is InChI=1S/C14H19Br2N/c1-10-4-2-5-11(8-10)9-17-14-12(15)6-3-7-13(14)16/h3,6-7,10-11,17H,2,4-5,8-9H2,1H3. The molecular weight excluding hydrogens is 342 g/mol. The largest absolute Gasteiger partial charge is 0.383 e. The van der Waals surface area contributed by atoms with Gasteiger partial charge in [0.15, 0.2) is 0 Å². The highest BCUT2D eigenvalue weighted by Gasteiger charge is 2.19. The Hall–Kier alpha value is -0.0200. The molecule has 0 saturated heterocycles. The second-order valence-electron chi connectivity index (χ2n) is 5.12. The summed E-state index contributed by atoms with van der Waals surface area (Å²) in [5.41, 5.74) is 1.19. The lowest BCUT2D eigenvalue weighted by Gasteiger charge is -2.27. The van der Waals surface area contributed by atoms with E-state index in [1.54, 1.807) is 0 Å². The molecule has 2 unspecified atom stereocenters. The first-order valence-corrected chi connectivity index (χ1v) is 7.93. The van der Waals surface area contributed by atoms with Crippen LogP contribution in [0.3, 0.4) is 0 Å². The first kappa shape index (κ1) is 13.4. The predicted octanol–water partition coefficient (Wildman–Crippen LogP) is 5.45. The van der Waals surface area contributed by atoms with Gasteiger partial charge in [0.2, 0.25) is 0 Å². The number of hydrogen-bond donors (Lipinski definition) is 1. The number of hydrogen-bond acceptors (Lipinski definition) is 1. The minimum Gasteiger partial charge on any atom is -0.383 e. The van der Waals surface area contributed by atoms with Gasteiger partial charge in [-0.25, -0.2) is 0 Å². The normalized spacial score (nSPS) is 24.6. The van der Waals surface area contributed by atoms with Gasteiger partial charge in [-0.2, -0.15) is 0 Å². The highest BCUT2D eigenvalue weighted by molar-refractivity contribution is 9.11. The molecule has 0 bridgehead atoms. The van der Waals surface area contributed by atoms with Crippen LogP contribution in [0.25, 0.3) is 0 Å². The number of anilines is 1. The molecule has 1 nitrogen and oxygen atoms in total. The Morgan fingerprint density at radius 3 is 2.59 bits per heavy atom. The topological polar surface area (TPSA) is 12.0 Å². The Balaban J connectivity index is 1.93. The SMILES string of the molecule is CC1CCCC(CNc2c(Br)cccc2Br)C1. The number of rotatable bonds is 3. The van der Waals surface area contributed by atoms with Crippen LogP contribution in [-0.4, -0.2) is 6.54 Å². The summed E-state index contributed by atoms with van der Waals surface area (Å²) >= 11 is 7.18. The Kier molecular flexibility index (Phi) is 4.92. The Bertz CT molecular complexity index is 358. The zero-order chi connectivity index (χ0) is 12.3. The lowest BCUT2D eigenvalue weighted by atomic mass is 9.82. The van der Waals surface area contributed by atoms with Crippen LogP contribution >= 0.6 is 31.9 Å². The first-order chi connectivity index (χ1) is 8.16. The van der Waals surface area contributed by atoms with Gasteiger partial charge in [0.05, 0.1) is 5.69 Å². The second-order valence-corrected chi connectivity index (χ2v) is 6.82. The van der Waals surface area contributed by atoms with Crippen LogP contribution in [0.4, 0.5) is 5.69 Å². The minimum atomic E-state index is 0.831. The molecule has 3 heteroatoms. The van der Waals surface area contributed by atoms with E-state index in [9.17, 15) is 0 Å². The number of para-hydroxylation sites is 1. The molecule has 0 spiro atoms. The van der Waals surface area contributed by atoms with Crippen molar-refractivity contribution in [3.8, 4) is 0 Å². The quantitative estimate of drug-likeness (QED) is 0.755. The van der Waals surface area contributed by atoms with Crippen molar-refractivity contribution in [1.29, 1.82) is 0 Å². The molecule has 1 aliphatic carbocycles. The second kappa shape index (κ2) is 6.24. The van der Waals surface area contributed by atoms with Gasteiger partial charge in [0, 0.05) is 15.5 Å². The monoisotopic (exact) mass is 359 g/mol. The molecule has 0 aliphatic heterocycles. The summed E-state index contributed by atoms with van der Waals surface area (Å²) in [7, 11) is 0. The van der Waals surface area contributed by atoms with Crippen LogP contribution < -0.4 is 5.32 Å². The third kappa shape index (κ3) is 3.72. The maximum absolute atomic E-state index is 3.59. The molecule has 1 N–H and O–H groups in total. The fourth-order valence-corrected chi connectivity index (χ4v) is 3.94. The van der Waals surface area contributed by atoms with E-state index in [2.05, 4.69) is 56.2 Å². The van der Waals surface area contributed by atoms with Crippen molar-refractivity contribution in [2.45, 2.75) is 32.6 Å². The van der Waals surface area contributed by atoms with Crippen LogP contribution in [0.15, 0.2) is 27.1 Å². The molecule has 1 fully saturated rings. The minimum absolute atomic E-state index is 0.831. The first-order valence-electron chi connectivity index (χ1n) is 6.34. The Morgan fingerprint density at radius 1 is 1.24 bits per heavy atom. The Morgan fingerprint density at radius 2 is 1.94 bits per heavy atom. The predicted molar refractivity (Wildman–Crippen MR) is 81.5 cm³/mol. The van der Waals surface area contributed by atoms with Crippen LogP contribution in [0.5, 0.6) is 0 Å². The van der Waals surface area contributed by atoms with E-state index in [1.165, 1.54) is 31.4 Å². The fraction of sp³-hybridized carbons (Fsp3) is 0.571. The molecule has 1 aromatic rings. The molecule has 0 radical (unpaired) electrons. The molecule has 2 rings (SSSR count). The highest BCUT2D eigenvalue weighted by Crippen LogP contribution is 2.33. The van der Waals surface area contributed by atoms with Gasteiger partial charge >= 0.3 is 0 Å². The molecule has 0 amide bonds. The number of halogens is 2. The van der Waals surface area contributed by atoms with Crippen molar-refractivity contribution < 1.29 is 0 Å². The van der Waals surface area contributed by atoms with Crippen molar-refractivity contribution in [2.24, 2.45) is 11.8 Å². The molecule has 2 atom stereocenters. The molecule has 1 aliphatic rings. The average molecular weight is 361 g/mol. The summed E-state index contributed by atoms with van der Waals surface area (Å²) in [6.07, 6.45) is 5.55. The van der Waals surface area contributed by atoms with Crippen molar-refractivity contribution in [1.82, 2.24) is 0 Å². The van der Waals surface area contributed by atoms with Crippen LogP contribution in [-0.2, 0) is 0 Å². The summed E-state index contributed by atoms with van der Waals surface area (Å²) in [6.45, 7) is 3.46. The van der Waals surface area contributed by atoms with Gasteiger partial charge in [0.1, 0.15) is 0 Å². The Labute approximate surface area is 121 Å². The van der Waals surface area contributed by atoms with Crippen LogP contribution in [0, 0.1) is 11.8 Å². The lowest BCUT2D eigenvalue weighted by Crippen LogP contribution is -2.21. The van der Waals surface area contributed by atoms with E-state index in [4.69, 9.17) is 0 Å². The molecule has 1 saturated carbocycles. The van der Waals surface area contributed by atoms with E-state index in [1.807, 2.05) is 6.07 Å². The highest BCUT2D eigenvalue weighted by atomic mass is 79.9. The molecule has 0 aromatic heterocycles. The average Bonchev–Trinajstić information content (AvgIpc) is 2.28. The van der Waals surface area contributed by atoms with Gasteiger partial charge in [-0.1, -0.05) is 25.8 Å². The van der Waals surface area contributed by atoms with Crippen molar-refractivity contribution >= 4 is 37.5 Å². The zero-order valence-electron chi connectivity index (χ0n) is 10.2. The molecule has 1 aromatic carbocycles. The van der Waals surface area contributed by atoms with Gasteiger partial charge in [-0.3, -0.25) is 0 Å². The smallest absolute Gasteiger partial charge is 0.0629 e. The summed E-state index contributed by atoms with van der Waals surface area (Å²) in [4.78, 5) is 0. The van der Waals surface area contributed by atoms with Gasteiger partial charge in [-0.05, 0) is 68.7 Å². The molecule has 94 valence electrons. The van der Waals surface area contributed by atoms with E-state index in [0.717, 1.165) is 27.3 Å². The van der Waals surface area contributed by atoms with E-state index in [-0.39, 0.29) is 0 Å². The third-order valence-electron chi connectivity index (χ3n) is 3.58. The zero-order valence-corrected chi connectivity index (χ0v) is 13.4. The summed E-state index contributed by atoms with van der Waals surface area (Å²) in [6, 6.07) is 6.20. The fourth-order valence-electron chi connectivity index (χ4n) is 2.66. The van der Waals surface area contributed by atoms with Gasteiger partial charge in [-0.15, -0.1) is 0 Å². The van der Waals surface area contributed by atoms with Crippen molar-refractivity contribution in [2.75, 3.05) is 11.9 Å². The molecular formula is C14H19Br2N. The third-order valence-corrected chi connectivity index (χ3v) is 4.90. The van der Waals surface area contributed by atoms with E-state index >= 15 is 0 Å². The van der Waals surface area contributed by atoms with E-state index in [0.29, 0.717) is 0 Å². The summed E-state index contributed by atoms with van der Waals surface area (Å²) < 4.78 is 2.27. The van der Waals surface area contributed by atoms with Crippen LogP contribution in [0.2, 0.25) is 0 Å².